The number of rotatable bonds is 1. The largest absolute Gasteiger partial charge is 0.508 e. The summed E-state index contributed by atoms with van der Waals surface area (Å²) in [7, 11) is 0. The van der Waals surface area contributed by atoms with Crippen molar-refractivity contribution in [1.82, 2.24) is 0 Å². The molecule has 1 amide bonds. The van der Waals surface area contributed by atoms with Gasteiger partial charge in [0.05, 0.1) is 11.3 Å². The topological polar surface area (TPSA) is 66.4 Å². The molecule has 4 nitrogen and oxygen atoms in total. The lowest BCUT2D eigenvalue weighted by atomic mass is 10.0. The molecule has 88 valence electrons. The maximum atomic E-state index is 11.6. The van der Waals surface area contributed by atoms with Gasteiger partial charge in [-0.15, -0.1) is 0 Å². The number of aromatic hydroxyl groups is 1. The molecule has 0 spiro atoms. The molecule has 3 rings (SSSR count). The maximum Gasteiger partial charge on any atom is 0.296 e. The van der Waals surface area contributed by atoms with Crippen LogP contribution in [0.15, 0.2) is 42.5 Å². The monoisotopic (exact) mass is 239 g/mol. The molecule has 0 aromatic heterocycles. The van der Waals surface area contributed by atoms with Gasteiger partial charge in [0, 0.05) is 0 Å². The first-order valence-electron chi connectivity index (χ1n) is 5.44. The van der Waals surface area contributed by atoms with Gasteiger partial charge in [0.15, 0.2) is 0 Å². The number of amides is 1. The number of fused-ring (bicyclic) bond motifs is 1. The molecular weight excluding hydrogens is 230 g/mol. The van der Waals surface area contributed by atoms with Crippen molar-refractivity contribution in [2.45, 2.75) is 0 Å². The SMILES string of the molecule is O=C1Nc2ccc(-c3ccc(O)cc3)cc2C1=O. The molecule has 2 aromatic rings. The Bertz CT molecular complexity index is 659. The van der Waals surface area contributed by atoms with Crippen molar-refractivity contribution >= 4 is 17.4 Å². The number of ketones is 1. The zero-order chi connectivity index (χ0) is 12.7. The summed E-state index contributed by atoms with van der Waals surface area (Å²) < 4.78 is 0. The van der Waals surface area contributed by atoms with E-state index in [1.807, 2.05) is 6.07 Å². The Labute approximate surface area is 103 Å². The highest BCUT2D eigenvalue weighted by atomic mass is 16.3. The average Bonchev–Trinajstić information content (AvgIpc) is 2.66. The molecule has 0 radical (unpaired) electrons. The van der Waals surface area contributed by atoms with Crippen molar-refractivity contribution in [3.63, 3.8) is 0 Å². The Morgan fingerprint density at radius 1 is 0.889 bits per heavy atom. The average molecular weight is 239 g/mol. The second-order valence-corrected chi connectivity index (χ2v) is 4.09. The standard InChI is InChI=1S/C14H9NO3/c16-10-4-1-8(2-5-10)9-3-6-12-11(7-9)13(17)14(18)15-12/h1-7,16H,(H,15,17,18). The molecule has 1 aliphatic heterocycles. The molecule has 0 fully saturated rings. The molecule has 0 aliphatic carbocycles. The minimum atomic E-state index is -0.590. The van der Waals surface area contributed by atoms with Crippen LogP contribution in [0.3, 0.4) is 0 Å². The van der Waals surface area contributed by atoms with E-state index in [1.165, 1.54) is 0 Å². The van der Waals surface area contributed by atoms with E-state index in [2.05, 4.69) is 5.32 Å². The molecule has 4 heteroatoms. The first-order valence-corrected chi connectivity index (χ1v) is 5.44. The summed E-state index contributed by atoms with van der Waals surface area (Å²) in [6, 6.07) is 11.9. The van der Waals surface area contributed by atoms with Gasteiger partial charge in [0.2, 0.25) is 0 Å². The molecule has 1 heterocycles. The second-order valence-electron chi connectivity index (χ2n) is 4.09. The summed E-state index contributed by atoms with van der Waals surface area (Å²) in [5.74, 6) is -0.911. The fourth-order valence-corrected chi connectivity index (χ4v) is 1.98. The van der Waals surface area contributed by atoms with Gasteiger partial charge >= 0.3 is 0 Å². The second kappa shape index (κ2) is 3.70. The fraction of sp³-hybridized carbons (Fsp3) is 0. The van der Waals surface area contributed by atoms with E-state index in [9.17, 15) is 14.7 Å². The Kier molecular flexibility index (Phi) is 2.16. The van der Waals surface area contributed by atoms with Gasteiger partial charge < -0.3 is 10.4 Å². The number of Topliss-reactive ketones (excluding diaryl/α,β-unsaturated/α-hetero) is 1. The lowest BCUT2D eigenvalue weighted by molar-refractivity contribution is -0.112. The van der Waals surface area contributed by atoms with Crippen molar-refractivity contribution in [1.29, 1.82) is 0 Å². The van der Waals surface area contributed by atoms with Crippen LogP contribution in [0.4, 0.5) is 5.69 Å². The maximum absolute atomic E-state index is 11.6. The van der Waals surface area contributed by atoms with Crippen LogP contribution < -0.4 is 5.32 Å². The predicted octanol–water partition coefficient (Wildman–Crippen LogP) is 2.19. The summed E-state index contributed by atoms with van der Waals surface area (Å²) in [5.41, 5.74) is 2.65. The smallest absolute Gasteiger partial charge is 0.296 e. The summed E-state index contributed by atoms with van der Waals surface area (Å²) in [6.07, 6.45) is 0. The van der Waals surface area contributed by atoms with Crippen molar-refractivity contribution in [3.8, 4) is 16.9 Å². The fourth-order valence-electron chi connectivity index (χ4n) is 1.98. The first-order chi connectivity index (χ1) is 8.65. The van der Waals surface area contributed by atoms with Crippen LogP contribution in [0.1, 0.15) is 10.4 Å². The molecule has 18 heavy (non-hydrogen) atoms. The Morgan fingerprint density at radius 3 is 2.28 bits per heavy atom. The Hall–Kier alpha value is -2.62. The summed E-state index contributed by atoms with van der Waals surface area (Å²) in [4.78, 5) is 22.8. The highest BCUT2D eigenvalue weighted by Crippen LogP contribution is 2.29. The molecule has 0 unspecified atom stereocenters. The van der Waals surface area contributed by atoms with E-state index in [4.69, 9.17) is 0 Å². The number of benzene rings is 2. The van der Waals surface area contributed by atoms with Crippen LogP contribution in [-0.4, -0.2) is 16.8 Å². The van der Waals surface area contributed by atoms with Crippen LogP contribution in [0.5, 0.6) is 5.75 Å². The highest BCUT2D eigenvalue weighted by Gasteiger charge is 2.27. The van der Waals surface area contributed by atoms with E-state index in [1.54, 1.807) is 36.4 Å². The van der Waals surface area contributed by atoms with Crippen LogP contribution >= 0.6 is 0 Å². The van der Waals surface area contributed by atoms with Gasteiger partial charge in [0.1, 0.15) is 5.75 Å². The number of phenols is 1. The molecular formula is C14H9NO3. The van der Waals surface area contributed by atoms with E-state index >= 15 is 0 Å². The summed E-state index contributed by atoms with van der Waals surface area (Å²) in [6.45, 7) is 0. The van der Waals surface area contributed by atoms with Crippen molar-refractivity contribution < 1.29 is 14.7 Å². The molecule has 0 atom stereocenters. The lowest BCUT2D eigenvalue weighted by Gasteiger charge is -2.04. The zero-order valence-electron chi connectivity index (χ0n) is 9.31. The van der Waals surface area contributed by atoms with Gasteiger partial charge in [-0.1, -0.05) is 18.2 Å². The number of carbonyl (C=O) groups excluding carboxylic acids is 2. The molecule has 2 aromatic carbocycles. The first kappa shape index (κ1) is 10.5. The molecule has 0 saturated heterocycles. The quantitative estimate of drug-likeness (QED) is 0.749. The minimum absolute atomic E-state index is 0.188. The van der Waals surface area contributed by atoms with E-state index in [-0.39, 0.29) is 5.75 Å². The highest BCUT2D eigenvalue weighted by molar-refractivity contribution is 6.51. The van der Waals surface area contributed by atoms with Crippen molar-refractivity contribution in [3.05, 3.63) is 48.0 Å². The normalized spacial score (nSPS) is 13.3. The van der Waals surface area contributed by atoms with Crippen molar-refractivity contribution in [2.24, 2.45) is 0 Å². The molecule has 0 saturated carbocycles. The minimum Gasteiger partial charge on any atom is -0.508 e. The van der Waals surface area contributed by atoms with E-state index in [0.717, 1.165) is 11.1 Å². The van der Waals surface area contributed by atoms with Crippen molar-refractivity contribution in [2.75, 3.05) is 5.32 Å². The van der Waals surface area contributed by atoms with E-state index < -0.39 is 11.7 Å². The molecule has 0 bridgehead atoms. The lowest BCUT2D eigenvalue weighted by Crippen LogP contribution is -2.12. The Morgan fingerprint density at radius 2 is 1.56 bits per heavy atom. The van der Waals surface area contributed by atoms with Gasteiger partial charge in [0.25, 0.3) is 11.7 Å². The number of hydrogen-bond donors (Lipinski definition) is 2. The number of hydrogen-bond acceptors (Lipinski definition) is 3. The number of phenolic OH excluding ortho intramolecular Hbond substituents is 1. The van der Waals surface area contributed by atoms with Crippen LogP contribution in [0.25, 0.3) is 11.1 Å². The third-order valence-corrected chi connectivity index (χ3v) is 2.92. The van der Waals surface area contributed by atoms with Crippen LogP contribution in [-0.2, 0) is 4.79 Å². The summed E-state index contributed by atoms with van der Waals surface area (Å²) >= 11 is 0. The van der Waals surface area contributed by atoms with Crippen LogP contribution in [0, 0.1) is 0 Å². The predicted molar refractivity (Wildman–Crippen MR) is 66.5 cm³/mol. The Balaban J connectivity index is 2.09. The third kappa shape index (κ3) is 1.55. The van der Waals surface area contributed by atoms with Gasteiger partial charge in [-0.3, -0.25) is 9.59 Å². The molecule has 1 aliphatic rings. The van der Waals surface area contributed by atoms with Gasteiger partial charge in [-0.05, 0) is 35.4 Å². The van der Waals surface area contributed by atoms with Gasteiger partial charge in [-0.25, -0.2) is 0 Å². The van der Waals surface area contributed by atoms with E-state index in [0.29, 0.717) is 11.3 Å². The summed E-state index contributed by atoms with van der Waals surface area (Å²) in [5, 5.41) is 11.7. The number of carbonyl (C=O) groups is 2. The third-order valence-electron chi connectivity index (χ3n) is 2.92. The molecule has 2 N–H and O–H groups in total. The van der Waals surface area contributed by atoms with Crippen LogP contribution in [0.2, 0.25) is 0 Å². The number of nitrogens with one attached hydrogen (secondary N) is 1. The number of anilines is 1. The van der Waals surface area contributed by atoms with Gasteiger partial charge in [-0.2, -0.15) is 0 Å². The zero-order valence-corrected chi connectivity index (χ0v) is 9.31.